The molecule has 0 aromatic heterocycles. The van der Waals surface area contributed by atoms with Gasteiger partial charge in [0, 0.05) is 6.42 Å². The summed E-state index contributed by atoms with van der Waals surface area (Å²) in [6, 6.07) is 15.8. The van der Waals surface area contributed by atoms with Crippen LogP contribution in [0.15, 0.2) is 54.6 Å². The molecule has 142 valence electrons. The van der Waals surface area contributed by atoms with Gasteiger partial charge in [-0.25, -0.2) is 4.79 Å². The first kappa shape index (κ1) is 20.0. The molecule has 7 heteroatoms. The molecule has 2 aromatic rings. The van der Waals surface area contributed by atoms with Crippen LogP contribution in [0.3, 0.4) is 0 Å². The van der Waals surface area contributed by atoms with Crippen LogP contribution in [0, 0.1) is 6.92 Å². The van der Waals surface area contributed by atoms with Crippen LogP contribution in [0.2, 0.25) is 0 Å². The second kappa shape index (κ2) is 9.96. The normalized spacial score (nSPS) is 11.3. The Hall–Kier alpha value is -3.35. The van der Waals surface area contributed by atoms with Gasteiger partial charge in [0.1, 0.15) is 19.2 Å². The van der Waals surface area contributed by atoms with Crippen molar-refractivity contribution in [2.45, 2.75) is 26.0 Å². The zero-order valence-corrected chi connectivity index (χ0v) is 15.1. The quantitative estimate of drug-likeness (QED) is 0.654. The van der Waals surface area contributed by atoms with Gasteiger partial charge in [-0.15, -0.1) is 0 Å². The summed E-state index contributed by atoms with van der Waals surface area (Å²) in [5.74, 6) is -1.16. The summed E-state index contributed by atoms with van der Waals surface area (Å²) in [7, 11) is 0. The van der Waals surface area contributed by atoms with E-state index in [-0.39, 0.29) is 19.6 Å². The average molecular weight is 369 g/mol. The third kappa shape index (κ3) is 6.81. The molecule has 0 aliphatic rings. The van der Waals surface area contributed by atoms with Gasteiger partial charge in [0.15, 0.2) is 0 Å². The predicted octanol–water partition coefficient (Wildman–Crippen LogP) is 1.43. The second-order valence-electron chi connectivity index (χ2n) is 6.07. The highest BCUT2D eigenvalue weighted by molar-refractivity contribution is 5.88. The number of nitrogens with two attached hydrogens (primary N) is 1. The molecule has 0 radical (unpaired) electrons. The predicted molar refractivity (Wildman–Crippen MR) is 101 cm³/mol. The molecule has 2 rings (SSSR count). The number of carbonyl (C=O) groups is 3. The SMILES string of the molecule is Cc1ccccc1C[C@@H](NC(=O)CNC(=O)OCc1ccccc1)C(N)=O. The Labute approximate surface area is 157 Å². The highest BCUT2D eigenvalue weighted by Crippen LogP contribution is 2.09. The van der Waals surface area contributed by atoms with Crippen molar-refractivity contribution in [3.8, 4) is 0 Å². The number of nitrogens with one attached hydrogen (secondary N) is 2. The van der Waals surface area contributed by atoms with Crippen molar-refractivity contribution in [3.63, 3.8) is 0 Å². The standard InChI is InChI=1S/C20H23N3O4/c1-14-7-5-6-10-16(14)11-17(19(21)25)23-18(24)12-22-20(26)27-13-15-8-3-2-4-9-15/h2-10,17H,11-13H2,1H3,(H2,21,25)(H,22,26)(H,23,24)/t17-/m1/s1. The smallest absolute Gasteiger partial charge is 0.407 e. The molecule has 0 aliphatic heterocycles. The molecule has 0 saturated carbocycles. The van der Waals surface area contributed by atoms with Crippen molar-refractivity contribution in [2.24, 2.45) is 5.73 Å². The van der Waals surface area contributed by atoms with Crippen molar-refractivity contribution in [2.75, 3.05) is 6.54 Å². The number of ether oxygens (including phenoxy) is 1. The van der Waals surface area contributed by atoms with E-state index in [9.17, 15) is 14.4 Å². The summed E-state index contributed by atoms with van der Waals surface area (Å²) in [5, 5.41) is 4.88. The van der Waals surface area contributed by atoms with E-state index in [1.54, 1.807) is 0 Å². The molecule has 0 fully saturated rings. The van der Waals surface area contributed by atoms with Crippen LogP contribution in [0.5, 0.6) is 0 Å². The van der Waals surface area contributed by atoms with Crippen LogP contribution in [0.25, 0.3) is 0 Å². The summed E-state index contributed by atoms with van der Waals surface area (Å²) in [4.78, 5) is 35.3. The molecule has 7 nitrogen and oxygen atoms in total. The lowest BCUT2D eigenvalue weighted by Gasteiger charge is -2.17. The summed E-state index contributed by atoms with van der Waals surface area (Å²) in [6.07, 6.45) is -0.435. The molecule has 0 aliphatic carbocycles. The largest absolute Gasteiger partial charge is 0.445 e. The highest BCUT2D eigenvalue weighted by Gasteiger charge is 2.19. The Morgan fingerprint density at radius 1 is 1.04 bits per heavy atom. The first-order valence-corrected chi connectivity index (χ1v) is 8.53. The lowest BCUT2D eigenvalue weighted by Crippen LogP contribution is -2.49. The number of primary amides is 1. The molecule has 4 N–H and O–H groups in total. The van der Waals surface area contributed by atoms with E-state index >= 15 is 0 Å². The van der Waals surface area contributed by atoms with Crippen molar-refractivity contribution in [1.82, 2.24) is 10.6 Å². The van der Waals surface area contributed by atoms with Crippen LogP contribution < -0.4 is 16.4 Å². The van der Waals surface area contributed by atoms with Crippen LogP contribution >= 0.6 is 0 Å². The number of hydrogen-bond donors (Lipinski definition) is 3. The monoisotopic (exact) mass is 369 g/mol. The van der Waals surface area contributed by atoms with E-state index in [0.717, 1.165) is 16.7 Å². The maximum atomic E-state index is 12.0. The van der Waals surface area contributed by atoms with Crippen LogP contribution in [0.1, 0.15) is 16.7 Å². The minimum Gasteiger partial charge on any atom is -0.445 e. The minimum absolute atomic E-state index is 0.103. The Morgan fingerprint density at radius 3 is 2.37 bits per heavy atom. The molecule has 0 bridgehead atoms. The van der Waals surface area contributed by atoms with Gasteiger partial charge in [-0.05, 0) is 23.6 Å². The molecule has 0 saturated heterocycles. The molecule has 0 heterocycles. The molecule has 2 aromatic carbocycles. The van der Waals surface area contributed by atoms with Crippen molar-refractivity contribution < 1.29 is 19.1 Å². The maximum absolute atomic E-state index is 12.0. The van der Waals surface area contributed by atoms with Gasteiger partial charge < -0.3 is 21.1 Å². The minimum atomic E-state index is -0.860. The molecule has 0 unspecified atom stereocenters. The first-order valence-electron chi connectivity index (χ1n) is 8.53. The zero-order valence-electron chi connectivity index (χ0n) is 15.1. The van der Waals surface area contributed by atoms with E-state index < -0.39 is 23.9 Å². The van der Waals surface area contributed by atoms with Gasteiger partial charge in [-0.2, -0.15) is 0 Å². The molecular weight excluding hydrogens is 346 g/mol. The summed E-state index contributed by atoms with van der Waals surface area (Å²) in [6.45, 7) is 1.70. The van der Waals surface area contributed by atoms with Crippen molar-refractivity contribution >= 4 is 17.9 Å². The van der Waals surface area contributed by atoms with Gasteiger partial charge in [-0.3, -0.25) is 9.59 Å². The van der Waals surface area contributed by atoms with Crippen molar-refractivity contribution in [1.29, 1.82) is 0 Å². The van der Waals surface area contributed by atoms with E-state index in [1.807, 2.05) is 61.5 Å². The third-order valence-corrected chi connectivity index (χ3v) is 3.97. The fourth-order valence-electron chi connectivity index (χ4n) is 2.45. The van der Waals surface area contributed by atoms with Gasteiger partial charge in [0.05, 0.1) is 0 Å². The number of aryl methyl sites for hydroxylation is 1. The number of alkyl carbamates (subject to hydrolysis) is 1. The van der Waals surface area contributed by atoms with E-state index in [1.165, 1.54) is 0 Å². The first-order chi connectivity index (χ1) is 13.0. The molecule has 0 spiro atoms. The van der Waals surface area contributed by atoms with E-state index in [4.69, 9.17) is 10.5 Å². The number of benzene rings is 2. The fourth-order valence-corrected chi connectivity index (χ4v) is 2.45. The van der Waals surface area contributed by atoms with Crippen molar-refractivity contribution in [3.05, 3.63) is 71.3 Å². The second-order valence-corrected chi connectivity index (χ2v) is 6.07. The van der Waals surface area contributed by atoms with Crippen LogP contribution in [-0.2, 0) is 27.4 Å². The lowest BCUT2D eigenvalue weighted by molar-refractivity contribution is -0.126. The fraction of sp³-hybridized carbons (Fsp3) is 0.250. The maximum Gasteiger partial charge on any atom is 0.407 e. The molecular formula is C20H23N3O4. The Balaban J connectivity index is 1.79. The highest BCUT2D eigenvalue weighted by atomic mass is 16.5. The Kier molecular flexibility index (Phi) is 7.37. The summed E-state index contributed by atoms with van der Waals surface area (Å²) >= 11 is 0. The Bertz CT molecular complexity index is 793. The topological polar surface area (TPSA) is 111 Å². The van der Waals surface area contributed by atoms with Gasteiger partial charge in [0.2, 0.25) is 11.8 Å². The van der Waals surface area contributed by atoms with Crippen LogP contribution in [-0.4, -0.2) is 30.5 Å². The van der Waals surface area contributed by atoms with Gasteiger partial charge >= 0.3 is 6.09 Å². The molecule has 3 amide bonds. The number of amides is 3. The Morgan fingerprint density at radius 2 is 1.70 bits per heavy atom. The molecule has 1 atom stereocenters. The van der Waals surface area contributed by atoms with Gasteiger partial charge in [-0.1, -0.05) is 54.6 Å². The average Bonchev–Trinajstić information content (AvgIpc) is 2.66. The summed E-state index contributed by atoms with van der Waals surface area (Å²) < 4.78 is 5.02. The van der Waals surface area contributed by atoms with Gasteiger partial charge in [0.25, 0.3) is 0 Å². The third-order valence-electron chi connectivity index (χ3n) is 3.97. The lowest BCUT2D eigenvalue weighted by atomic mass is 10.0. The number of hydrogen-bond acceptors (Lipinski definition) is 4. The van der Waals surface area contributed by atoms with Crippen LogP contribution in [0.4, 0.5) is 4.79 Å². The number of carbonyl (C=O) groups excluding carboxylic acids is 3. The van der Waals surface area contributed by atoms with E-state index in [2.05, 4.69) is 10.6 Å². The molecule has 27 heavy (non-hydrogen) atoms. The van der Waals surface area contributed by atoms with E-state index in [0.29, 0.717) is 0 Å². The summed E-state index contributed by atoms with van der Waals surface area (Å²) in [5.41, 5.74) is 8.14. The number of rotatable bonds is 8. The zero-order chi connectivity index (χ0) is 19.6.